The Balaban J connectivity index is 2.40. The lowest BCUT2D eigenvalue weighted by Crippen LogP contribution is -2.16. The fourth-order valence-corrected chi connectivity index (χ4v) is 2.66. The van der Waals surface area contributed by atoms with Crippen LogP contribution in [0.2, 0.25) is 5.15 Å². The molecule has 0 saturated heterocycles. The minimum absolute atomic E-state index is 0.0422. The van der Waals surface area contributed by atoms with Crippen molar-refractivity contribution in [1.82, 2.24) is 9.97 Å². The monoisotopic (exact) mass is 319 g/mol. The molecule has 9 heteroatoms. The van der Waals surface area contributed by atoms with Crippen LogP contribution in [0.3, 0.4) is 0 Å². The second-order valence-electron chi connectivity index (χ2n) is 3.87. The van der Waals surface area contributed by atoms with Crippen molar-refractivity contribution < 1.29 is 17.2 Å². The molecule has 1 aromatic carbocycles. The number of anilines is 1. The van der Waals surface area contributed by atoms with E-state index in [0.29, 0.717) is 23.9 Å². The van der Waals surface area contributed by atoms with Gasteiger partial charge in [0.1, 0.15) is 16.8 Å². The molecule has 2 rings (SSSR count). The first kappa shape index (κ1) is 14.6. The molecular formula is C11H8ClF2N3O2S. The Morgan fingerprint density at radius 1 is 1.10 bits per heavy atom. The van der Waals surface area contributed by atoms with Crippen LogP contribution in [-0.2, 0) is 10.0 Å². The van der Waals surface area contributed by atoms with Crippen LogP contribution in [-0.4, -0.2) is 18.4 Å². The van der Waals surface area contributed by atoms with Crippen LogP contribution in [0.1, 0.15) is 5.69 Å². The summed E-state index contributed by atoms with van der Waals surface area (Å²) < 4.78 is 52.0. The van der Waals surface area contributed by atoms with E-state index in [-0.39, 0.29) is 11.1 Å². The summed E-state index contributed by atoms with van der Waals surface area (Å²) in [6.45, 7) is 1.59. The highest BCUT2D eigenvalue weighted by atomic mass is 35.5. The smallest absolute Gasteiger partial charge is 0.247 e. The molecule has 0 spiro atoms. The molecule has 5 nitrogen and oxygen atoms in total. The van der Waals surface area contributed by atoms with E-state index in [2.05, 4.69) is 9.97 Å². The summed E-state index contributed by atoms with van der Waals surface area (Å²) in [4.78, 5) is 6.91. The molecule has 1 aromatic heterocycles. The number of nitrogens with one attached hydrogen (secondary N) is 1. The third-order valence-corrected chi connectivity index (χ3v) is 3.70. The minimum Gasteiger partial charge on any atom is -0.247 e. The molecule has 20 heavy (non-hydrogen) atoms. The quantitative estimate of drug-likeness (QED) is 0.882. The highest BCUT2D eigenvalue weighted by Gasteiger charge is 2.18. The molecule has 1 heterocycles. The van der Waals surface area contributed by atoms with Gasteiger partial charge in [0, 0.05) is 11.8 Å². The molecule has 0 unspecified atom stereocenters. The van der Waals surface area contributed by atoms with Gasteiger partial charge < -0.3 is 0 Å². The fraction of sp³-hybridized carbons (Fsp3) is 0.0909. The van der Waals surface area contributed by atoms with Crippen LogP contribution in [0, 0.1) is 18.6 Å². The average Bonchev–Trinajstić information content (AvgIpc) is 2.25. The number of aromatic nitrogens is 2. The van der Waals surface area contributed by atoms with Gasteiger partial charge in [0.05, 0.1) is 4.90 Å². The summed E-state index contributed by atoms with van der Waals surface area (Å²) >= 11 is 5.67. The predicted octanol–water partition coefficient (Wildman–Crippen LogP) is 2.52. The van der Waals surface area contributed by atoms with Crippen molar-refractivity contribution in [2.45, 2.75) is 11.8 Å². The Morgan fingerprint density at radius 2 is 1.70 bits per heavy atom. The van der Waals surface area contributed by atoms with E-state index in [1.165, 1.54) is 6.07 Å². The van der Waals surface area contributed by atoms with Gasteiger partial charge in [-0.1, -0.05) is 11.6 Å². The van der Waals surface area contributed by atoms with E-state index in [0.717, 1.165) is 0 Å². The Labute approximate surface area is 118 Å². The van der Waals surface area contributed by atoms with E-state index in [4.69, 9.17) is 11.6 Å². The van der Waals surface area contributed by atoms with E-state index in [9.17, 15) is 17.2 Å². The van der Waals surface area contributed by atoms with Crippen molar-refractivity contribution in [3.63, 3.8) is 0 Å². The van der Waals surface area contributed by atoms with Gasteiger partial charge in [-0.25, -0.2) is 31.9 Å². The maximum absolute atomic E-state index is 13.0. The largest absolute Gasteiger partial charge is 0.264 e. The first-order valence-electron chi connectivity index (χ1n) is 5.26. The molecule has 106 valence electrons. The highest BCUT2D eigenvalue weighted by molar-refractivity contribution is 7.92. The molecule has 0 aliphatic heterocycles. The van der Waals surface area contributed by atoms with Gasteiger partial charge >= 0.3 is 0 Å². The molecule has 1 N–H and O–H groups in total. The molecule has 0 aliphatic rings. The number of benzene rings is 1. The van der Waals surface area contributed by atoms with Crippen LogP contribution < -0.4 is 4.72 Å². The van der Waals surface area contributed by atoms with E-state index in [1.807, 2.05) is 4.72 Å². The van der Waals surface area contributed by atoms with E-state index < -0.39 is 26.6 Å². The lowest BCUT2D eigenvalue weighted by Gasteiger charge is -2.07. The SMILES string of the molecule is Cc1cc(Cl)nc(NS(=O)(=O)c2cc(F)cc(F)c2)n1. The van der Waals surface area contributed by atoms with Gasteiger partial charge in [0.2, 0.25) is 5.95 Å². The van der Waals surface area contributed by atoms with Gasteiger partial charge in [-0.3, -0.25) is 0 Å². The van der Waals surface area contributed by atoms with E-state index >= 15 is 0 Å². The zero-order chi connectivity index (χ0) is 14.9. The lowest BCUT2D eigenvalue weighted by atomic mass is 10.3. The zero-order valence-corrected chi connectivity index (χ0v) is 11.6. The summed E-state index contributed by atoms with van der Waals surface area (Å²) in [6, 6.07) is 3.37. The molecule has 0 saturated carbocycles. The number of hydrogen-bond donors (Lipinski definition) is 1. The number of sulfonamides is 1. The first-order valence-corrected chi connectivity index (χ1v) is 7.12. The van der Waals surface area contributed by atoms with Crippen LogP contribution in [0.15, 0.2) is 29.2 Å². The van der Waals surface area contributed by atoms with Crippen molar-refractivity contribution in [2.24, 2.45) is 0 Å². The molecule has 0 atom stereocenters. The van der Waals surface area contributed by atoms with Crippen LogP contribution in [0.5, 0.6) is 0 Å². The third-order valence-electron chi connectivity index (χ3n) is 2.19. The van der Waals surface area contributed by atoms with E-state index in [1.54, 1.807) is 6.92 Å². The Hall–Kier alpha value is -1.80. The van der Waals surface area contributed by atoms with Crippen molar-refractivity contribution in [3.05, 3.63) is 46.7 Å². The molecule has 0 radical (unpaired) electrons. The molecule has 0 aliphatic carbocycles. The number of nitrogens with zero attached hydrogens (tertiary/aromatic N) is 2. The van der Waals surface area contributed by atoms with Crippen LogP contribution >= 0.6 is 11.6 Å². The number of hydrogen-bond acceptors (Lipinski definition) is 4. The minimum atomic E-state index is -4.21. The van der Waals surface area contributed by atoms with Crippen molar-refractivity contribution in [2.75, 3.05) is 4.72 Å². The fourth-order valence-electron chi connectivity index (χ4n) is 1.44. The number of rotatable bonds is 3. The topological polar surface area (TPSA) is 72.0 Å². The van der Waals surface area contributed by atoms with Crippen LogP contribution in [0.25, 0.3) is 0 Å². The molecule has 2 aromatic rings. The van der Waals surface area contributed by atoms with Crippen LogP contribution in [0.4, 0.5) is 14.7 Å². The summed E-state index contributed by atoms with van der Waals surface area (Å²) in [5.74, 6) is -2.29. The molecule has 0 fully saturated rings. The first-order chi connectivity index (χ1) is 9.26. The summed E-state index contributed by atoms with van der Waals surface area (Å²) in [5, 5.41) is 0.0422. The standard InChI is InChI=1S/C11H8ClF2N3O2S/c1-6-2-10(12)16-11(15-6)17-20(18,19)9-4-7(13)3-8(14)5-9/h2-5H,1H3,(H,15,16,17). The molecule has 0 bridgehead atoms. The maximum Gasteiger partial charge on any atom is 0.264 e. The van der Waals surface area contributed by atoms with Gasteiger partial charge in [-0.2, -0.15) is 0 Å². The molecule has 0 amide bonds. The van der Waals surface area contributed by atoms with Crippen molar-refractivity contribution in [1.29, 1.82) is 0 Å². The number of aryl methyl sites for hydroxylation is 1. The van der Waals surface area contributed by atoms with Gasteiger partial charge in [-0.05, 0) is 25.1 Å². The summed E-state index contributed by atoms with van der Waals surface area (Å²) in [7, 11) is -4.21. The third kappa shape index (κ3) is 3.40. The zero-order valence-electron chi connectivity index (χ0n) is 10.1. The second kappa shape index (κ2) is 5.29. The second-order valence-corrected chi connectivity index (χ2v) is 5.94. The average molecular weight is 320 g/mol. The van der Waals surface area contributed by atoms with Crippen molar-refractivity contribution >= 4 is 27.6 Å². The summed E-state index contributed by atoms with van der Waals surface area (Å²) in [6.07, 6.45) is 0. The predicted molar refractivity (Wildman–Crippen MR) is 68.9 cm³/mol. The van der Waals surface area contributed by atoms with Gasteiger partial charge in [0.15, 0.2) is 0 Å². The lowest BCUT2D eigenvalue weighted by molar-refractivity contribution is 0.568. The Bertz CT molecular complexity index is 728. The Kier molecular flexibility index (Phi) is 3.87. The van der Waals surface area contributed by atoms with Crippen molar-refractivity contribution in [3.8, 4) is 0 Å². The normalized spacial score (nSPS) is 11.4. The maximum atomic E-state index is 13.0. The highest BCUT2D eigenvalue weighted by Crippen LogP contribution is 2.17. The molecular weight excluding hydrogens is 312 g/mol. The van der Waals surface area contributed by atoms with Gasteiger partial charge in [-0.15, -0.1) is 0 Å². The van der Waals surface area contributed by atoms with Gasteiger partial charge in [0.25, 0.3) is 10.0 Å². The Morgan fingerprint density at radius 3 is 2.25 bits per heavy atom. The summed E-state index contributed by atoms with van der Waals surface area (Å²) in [5.41, 5.74) is 0.438. The number of halogens is 3.